The van der Waals surface area contributed by atoms with Crippen LogP contribution in [0, 0.1) is 50.2 Å². The molecule has 0 radical (unpaired) electrons. The van der Waals surface area contributed by atoms with Crippen LogP contribution < -0.4 is 5.73 Å². The smallest absolute Gasteiger partial charge is 0.252 e. The van der Waals surface area contributed by atoms with E-state index < -0.39 is 5.41 Å². The van der Waals surface area contributed by atoms with E-state index >= 15 is 0 Å². The largest absolute Gasteiger partial charge is 0.327 e. The molecule has 0 aromatic rings. The number of carbonyl (C=O) groups is 2. The summed E-state index contributed by atoms with van der Waals surface area (Å²) in [5, 5.41) is 1.71. The Labute approximate surface area is 243 Å². The van der Waals surface area contributed by atoms with Crippen LogP contribution in [0.3, 0.4) is 0 Å². The van der Waals surface area contributed by atoms with E-state index in [2.05, 4.69) is 54.5 Å². The summed E-state index contributed by atoms with van der Waals surface area (Å²) in [7, 11) is 1.66. The van der Waals surface area contributed by atoms with Crippen LogP contribution in [0.15, 0.2) is 11.6 Å². The van der Waals surface area contributed by atoms with E-state index in [4.69, 9.17) is 10.6 Å². The molecule has 6 aliphatic carbocycles. The molecule has 0 aromatic heterocycles. The Morgan fingerprint density at radius 2 is 1.60 bits per heavy atom. The molecule has 224 valence electrons. The molecule has 5 heteroatoms. The third kappa shape index (κ3) is 3.58. The molecule has 5 saturated carbocycles. The predicted molar refractivity (Wildman–Crippen MR) is 159 cm³/mol. The number of hydrogen-bond acceptors (Lipinski definition) is 4. The average Bonchev–Trinajstić information content (AvgIpc) is 2.85. The molecule has 0 aromatic carbocycles. The maximum absolute atomic E-state index is 14.5. The zero-order valence-corrected chi connectivity index (χ0v) is 26.7. The van der Waals surface area contributed by atoms with Crippen LogP contribution in [0.2, 0.25) is 0 Å². The van der Waals surface area contributed by atoms with Crippen LogP contribution in [0.25, 0.3) is 0 Å². The summed E-state index contributed by atoms with van der Waals surface area (Å²) in [5.41, 5.74) is 7.71. The lowest BCUT2D eigenvalue weighted by Crippen LogP contribution is -2.67. The molecule has 0 heterocycles. The van der Waals surface area contributed by atoms with Crippen LogP contribution >= 0.6 is 0 Å². The minimum atomic E-state index is -0.456. The summed E-state index contributed by atoms with van der Waals surface area (Å²) in [6.07, 6.45) is 14.8. The monoisotopic (exact) mass is 552 g/mol. The van der Waals surface area contributed by atoms with Gasteiger partial charge in [-0.05, 0) is 122 Å². The SMILES string of the molecule is CON(C(=O)[C@@]1(C)CC[C@]2(C)CC[C@]3(C)C(=CC(=O)[C@@H]4[C@@]5(C)CC[C@H](N)C(C)(C)C5CC[C@]43C)[C@@H]2C1)C1CCC1. The van der Waals surface area contributed by atoms with Gasteiger partial charge in [0.15, 0.2) is 5.78 Å². The highest BCUT2D eigenvalue weighted by molar-refractivity contribution is 5.95. The number of allylic oxidation sites excluding steroid dienone is 2. The van der Waals surface area contributed by atoms with Gasteiger partial charge in [-0.15, -0.1) is 0 Å². The van der Waals surface area contributed by atoms with Crippen molar-refractivity contribution in [2.75, 3.05) is 7.11 Å². The van der Waals surface area contributed by atoms with Gasteiger partial charge < -0.3 is 5.73 Å². The van der Waals surface area contributed by atoms with E-state index in [0.29, 0.717) is 11.7 Å². The molecule has 40 heavy (non-hydrogen) atoms. The zero-order valence-electron chi connectivity index (χ0n) is 26.7. The van der Waals surface area contributed by atoms with E-state index in [9.17, 15) is 9.59 Å². The summed E-state index contributed by atoms with van der Waals surface area (Å²) >= 11 is 0. The fourth-order valence-electron chi connectivity index (χ4n) is 11.7. The first-order valence-corrected chi connectivity index (χ1v) is 16.5. The topological polar surface area (TPSA) is 72.6 Å². The highest BCUT2D eigenvalue weighted by Gasteiger charge is 2.70. The minimum absolute atomic E-state index is 0.0198. The summed E-state index contributed by atoms with van der Waals surface area (Å²) in [4.78, 5) is 34.3. The summed E-state index contributed by atoms with van der Waals surface area (Å²) in [5.74, 6) is 1.31. The Hall–Kier alpha value is -1.20. The second kappa shape index (κ2) is 8.91. The molecule has 5 fully saturated rings. The van der Waals surface area contributed by atoms with Crippen molar-refractivity contribution in [1.29, 1.82) is 0 Å². The number of amides is 1. The first-order chi connectivity index (χ1) is 18.6. The Kier molecular flexibility index (Phi) is 6.44. The quantitative estimate of drug-likeness (QED) is 0.375. The molecule has 6 aliphatic rings. The van der Waals surface area contributed by atoms with Crippen LogP contribution in [0.1, 0.15) is 126 Å². The third-order valence-electron chi connectivity index (χ3n) is 15.0. The minimum Gasteiger partial charge on any atom is -0.327 e. The van der Waals surface area contributed by atoms with Gasteiger partial charge in [0.05, 0.1) is 13.2 Å². The summed E-state index contributed by atoms with van der Waals surface area (Å²) in [6, 6.07) is 0.424. The van der Waals surface area contributed by atoms with Crippen LogP contribution in [-0.4, -0.2) is 35.9 Å². The first-order valence-electron chi connectivity index (χ1n) is 16.5. The fourth-order valence-corrected chi connectivity index (χ4v) is 11.7. The zero-order chi connectivity index (χ0) is 29.1. The average molecular weight is 553 g/mol. The van der Waals surface area contributed by atoms with Crippen molar-refractivity contribution in [3.63, 3.8) is 0 Å². The van der Waals surface area contributed by atoms with Gasteiger partial charge >= 0.3 is 0 Å². The van der Waals surface area contributed by atoms with Crippen LogP contribution in [0.5, 0.6) is 0 Å². The third-order valence-corrected chi connectivity index (χ3v) is 15.0. The van der Waals surface area contributed by atoms with E-state index in [1.54, 1.807) is 12.2 Å². The van der Waals surface area contributed by atoms with Gasteiger partial charge in [-0.25, -0.2) is 5.06 Å². The Bertz CT molecular complexity index is 1130. The molecular weight excluding hydrogens is 496 g/mol. The van der Waals surface area contributed by atoms with Crippen molar-refractivity contribution < 1.29 is 14.4 Å². The van der Waals surface area contributed by atoms with Gasteiger partial charge in [0, 0.05) is 17.4 Å². The van der Waals surface area contributed by atoms with Crippen LogP contribution in [-0.2, 0) is 14.4 Å². The maximum Gasteiger partial charge on any atom is 0.252 e. The van der Waals surface area contributed by atoms with Gasteiger partial charge in [0.2, 0.25) is 0 Å². The molecule has 2 N–H and O–H groups in total. The van der Waals surface area contributed by atoms with E-state index in [1.807, 2.05) is 0 Å². The molecule has 0 saturated heterocycles. The molecule has 5 nitrogen and oxygen atoms in total. The number of nitrogens with two attached hydrogens (primary N) is 1. The lowest BCUT2D eigenvalue weighted by Gasteiger charge is -2.70. The standard InChI is InChI=1S/C35H56N2O3/c1-30(2)26-12-15-35(7)28(33(26,5)14-13-27(30)36)25(38)20-23-24-21-32(4,29(39)37(40-8)22-10-9-11-22)17-16-31(24,3)18-19-34(23,35)6/h20,22,24,26-28H,9-19,21,36H2,1-8H3/t24-,26?,27-,28+,31+,32-,33-,34+,35+/m0/s1. The lowest BCUT2D eigenvalue weighted by atomic mass is 9.33. The fraction of sp³-hybridized carbons (Fsp3) is 0.886. The van der Waals surface area contributed by atoms with Gasteiger partial charge in [-0.3, -0.25) is 14.4 Å². The van der Waals surface area contributed by atoms with E-state index in [0.717, 1.165) is 64.2 Å². The summed E-state index contributed by atoms with van der Waals surface area (Å²) < 4.78 is 0. The van der Waals surface area contributed by atoms with E-state index in [1.165, 1.54) is 18.4 Å². The molecule has 0 spiro atoms. The first kappa shape index (κ1) is 28.9. The van der Waals surface area contributed by atoms with Crippen molar-refractivity contribution in [3.8, 4) is 0 Å². The number of rotatable bonds is 3. The van der Waals surface area contributed by atoms with Crippen molar-refractivity contribution in [1.82, 2.24) is 5.06 Å². The second-order valence-electron chi connectivity index (χ2n) is 17.1. The van der Waals surface area contributed by atoms with Gasteiger partial charge in [-0.2, -0.15) is 0 Å². The number of fused-ring (bicyclic) bond motifs is 7. The normalized spacial score (nSPS) is 49.9. The molecule has 0 bridgehead atoms. The molecule has 0 aliphatic heterocycles. The molecule has 1 unspecified atom stereocenters. The van der Waals surface area contributed by atoms with Gasteiger partial charge in [-0.1, -0.05) is 54.0 Å². The molecule has 6 rings (SSSR count). The Morgan fingerprint density at radius 3 is 2.23 bits per heavy atom. The van der Waals surface area contributed by atoms with Gasteiger partial charge in [0.25, 0.3) is 5.91 Å². The highest BCUT2D eigenvalue weighted by Crippen LogP contribution is 2.75. The van der Waals surface area contributed by atoms with Crippen molar-refractivity contribution in [2.45, 2.75) is 138 Å². The van der Waals surface area contributed by atoms with Crippen LogP contribution in [0.4, 0.5) is 0 Å². The Morgan fingerprint density at radius 1 is 0.925 bits per heavy atom. The van der Waals surface area contributed by atoms with Gasteiger partial charge in [0.1, 0.15) is 0 Å². The second-order valence-corrected chi connectivity index (χ2v) is 17.1. The number of hydroxylamine groups is 2. The Balaban J connectivity index is 1.39. The van der Waals surface area contributed by atoms with Crippen molar-refractivity contribution in [2.24, 2.45) is 56.0 Å². The van der Waals surface area contributed by atoms with E-state index in [-0.39, 0.29) is 56.9 Å². The lowest BCUT2D eigenvalue weighted by molar-refractivity contribution is -0.211. The molecule has 9 atom stereocenters. The molecule has 1 amide bonds. The highest BCUT2D eigenvalue weighted by atomic mass is 16.7. The number of nitrogens with zero attached hydrogens (tertiary/aromatic N) is 1. The summed E-state index contributed by atoms with van der Waals surface area (Å²) in [6.45, 7) is 16.8. The maximum atomic E-state index is 14.5. The number of carbonyl (C=O) groups excluding carboxylic acids is 2. The number of ketones is 1. The van der Waals surface area contributed by atoms with Crippen molar-refractivity contribution >= 4 is 11.7 Å². The predicted octanol–water partition coefficient (Wildman–Crippen LogP) is 7.24. The number of hydrogen-bond donors (Lipinski definition) is 1. The molecular formula is C35H56N2O3. The van der Waals surface area contributed by atoms with Crippen molar-refractivity contribution in [3.05, 3.63) is 11.6 Å².